The molecule has 8 nitrogen and oxygen atoms in total. The van der Waals surface area contributed by atoms with Gasteiger partial charge >= 0.3 is 5.97 Å². The fraction of sp³-hybridized carbons (Fsp3) is 0.371. The Labute approximate surface area is 261 Å². The van der Waals surface area contributed by atoms with E-state index in [4.69, 9.17) is 10.5 Å². The molecule has 2 N–H and O–H groups in total. The largest absolute Gasteiger partial charge is 0.462 e. The number of ketones is 1. The van der Waals surface area contributed by atoms with Crippen LogP contribution in [-0.2, 0) is 28.4 Å². The zero-order chi connectivity index (χ0) is 31.9. The molecule has 2 heterocycles. The molecule has 0 spiro atoms. The average Bonchev–Trinajstić information content (AvgIpc) is 3.01. The van der Waals surface area contributed by atoms with Crippen molar-refractivity contribution >= 4 is 11.8 Å². The van der Waals surface area contributed by atoms with Crippen molar-refractivity contribution in [2.45, 2.75) is 69.1 Å². The van der Waals surface area contributed by atoms with E-state index >= 15 is 0 Å². The van der Waals surface area contributed by atoms with E-state index in [0.717, 1.165) is 49.7 Å². The Balaban J connectivity index is 0.000000178. The molecule has 0 radical (unpaired) electrons. The number of rotatable bonds is 10. The number of ether oxygens (including phenoxy) is 1. The number of carbonyl (C=O) groups excluding carboxylic acids is 2. The van der Waals surface area contributed by atoms with E-state index in [1.807, 2.05) is 12.1 Å². The van der Waals surface area contributed by atoms with Gasteiger partial charge in [0.25, 0.3) is 0 Å². The predicted octanol–water partition coefficient (Wildman–Crippen LogP) is 5.88. The van der Waals surface area contributed by atoms with Gasteiger partial charge in [-0.1, -0.05) is 37.1 Å². The van der Waals surface area contributed by atoms with Crippen LogP contribution in [0.25, 0.3) is 0 Å². The lowest BCUT2D eigenvalue weighted by Gasteiger charge is -2.42. The van der Waals surface area contributed by atoms with Crippen molar-refractivity contribution in [2.75, 3.05) is 13.2 Å². The summed E-state index contributed by atoms with van der Waals surface area (Å²) in [6.07, 6.45) is 13.6. The monoisotopic (exact) mass is 613 g/mol. The van der Waals surface area contributed by atoms with E-state index in [2.05, 4.69) is 19.9 Å². The summed E-state index contributed by atoms with van der Waals surface area (Å²) in [6, 6.07) is 13.5. The van der Waals surface area contributed by atoms with Gasteiger partial charge in [0, 0.05) is 48.5 Å². The number of carbonyl (C=O) groups is 2. The summed E-state index contributed by atoms with van der Waals surface area (Å²) < 4.78 is 31.9. The molecule has 2 aromatic heterocycles. The number of benzene rings is 2. The van der Waals surface area contributed by atoms with E-state index in [1.165, 1.54) is 36.9 Å². The second-order valence-electron chi connectivity index (χ2n) is 11.8. The van der Waals surface area contributed by atoms with Crippen LogP contribution in [-0.4, -0.2) is 44.8 Å². The smallest absolute Gasteiger partial charge is 0.341 e. The number of hydrogen-bond acceptors (Lipinski definition) is 8. The average molecular weight is 614 g/mol. The summed E-state index contributed by atoms with van der Waals surface area (Å²) in [7, 11) is 0. The summed E-state index contributed by atoms with van der Waals surface area (Å²) in [5, 5.41) is 0. The minimum Gasteiger partial charge on any atom is -0.462 e. The number of hydrogen-bond donors (Lipinski definition) is 1. The number of esters is 1. The molecule has 2 aromatic carbocycles. The minimum atomic E-state index is -0.414. The SMILES string of the molecule is CCOC(=O)c1cnc(CC2(c3cccc(F)c3)CCC2)nc1.NCC(=O)c1cnc(CC2(c3cccc(F)c3)CCC2)nc1. The van der Waals surface area contributed by atoms with Crippen molar-refractivity contribution in [1.82, 2.24) is 19.9 Å². The van der Waals surface area contributed by atoms with Crippen LogP contribution in [0.15, 0.2) is 73.3 Å². The lowest BCUT2D eigenvalue weighted by molar-refractivity contribution is 0.0525. The molecular weight excluding hydrogens is 576 g/mol. The van der Waals surface area contributed by atoms with Gasteiger partial charge in [-0.05, 0) is 68.0 Å². The normalized spacial score (nSPS) is 15.9. The number of nitrogens with two attached hydrogens (primary N) is 1. The van der Waals surface area contributed by atoms with Crippen molar-refractivity contribution in [3.05, 3.63) is 119 Å². The second-order valence-corrected chi connectivity index (χ2v) is 11.8. The Morgan fingerprint density at radius 2 is 1.20 bits per heavy atom. The maximum atomic E-state index is 13.5. The van der Waals surface area contributed by atoms with E-state index in [9.17, 15) is 18.4 Å². The molecule has 234 valence electrons. The summed E-state index contributed by atoms with van der Waals surface area (Å²) in [5.74, 6) is 0.332. The van der Waals surface area contributed by atoms with Gasteiger partial charge < -0.3 is 10.5 Å². The third-order valence-electron chi connectivity index (χ3n) is 8.92. The zero-order valence-electron chi connectivity index (χ0n) is 25.3. The molecule has 0 atom stereocenters. The summed E-state index contributed by atoms with van der Waals surface area (Å²) in [6.45, 7) is 2.03. The van der Waals surface area contributed by atoms with Gasteiger partial charge in [0.2, 0.25) is 0 Å². The van der Waals surface area contributed by atoms with Crippen molar-refractivity contribution < 1.29 is 23.1 Å². The summed E-state index contributed by atoms with van der Waals surface area (Å²) >= 11 is 0. The first-order valence-electron chi connectivity index (χ1n) is 15.3. The molecule has 2 fully saturated rings. The van der Waals surface area contributed by atoms with Crippen LogP contribution in [0.1, 0.15) is 88.9 Å². The molecule has 2 saturated carbocycles. The third kappa shape index (κ3) is 7.45. The summed E-state index contributed by atoms with van der Waals surface area (Å²) in [4.78, 5) is 40.3. The number of Topliss-reactive ketones (excluding diaryl/α,β-unsaturated/α-hetero) is 1. The number of halogens is 2. The molecule has 0 unspecified atom stereocenters. The predicted molar refractivity (Wildman–Crippen MR) is 165 cm³/mol. The van der Waals surface area contributed by atoms with Gasteiger partial charge in [-0.2, -0.15) is 0 Å². The van der Waals surface area contributed by atoms with Crippen molar-refractivity contribution in [3.63, 3.8) is 0 Å². The Morgan fingerprint density at radius 1 is 0.756 bits per heavy atom. The Kier molecular flexibility index (Phi) is 10.0. The third-order valence-corrected chi connectivity index (χ3v) is 8.92. The van der Waals surface area contributed by atoms with Crippen LogP contribution < -0.4 is 5.73 Å². The van der Waals surface area contributed by atoms with Gasteiger partial charge in [-0.15, -0.1) is 0 Å². The van der Waals surface area contributed by atoms with E-state index in [-0.39, 0.29) is 34.8 Å². The number of nitrogens with zero attached hydrogens (tertiary/aromatic N) is 4. The fourth-order valence-corrected chi connectivity index (χ4v) is 6.06. The quantitative estimate of drug-likeness (QED) is 0.174. The highest BCUT2D eigenvalue weighted by Gasteiger charge is 2.40. The van der Waals surface area contributed by atoms with E-state index < -0.39 is 5.97 Å². The zero-order valence-corrected chi connectivity index (χ0v) is 25.3. The lowest BCUT2D eigenvalue weighted by Crippen LogP contribution is -2.37. The van der Waals surface area contributed by atoms with Crippen LogP contribution in [0.3, 0.4) is 0 Å². The number of aromatic nitrogens is 4. The highest BCUT2D eigenvalue weighted by Crippen LogP contribution is 2.46. The van der Waals surface area contributed by atoms with E-state index in [1.54, 1.807) is 31.2 Å². The highest BCUT2D eigenvalue weighted by atomic mass is 19.1. The van der Waals surface area contributed by atoms with Crippen LogP contribution in [0, 0.1) is 11.6 Å². The fourth-order valence-electron chi connectivity index (χ4n) is 6.06. The van der Waals surface area contributed by atoms with Crippen LogP contribution >= 0.6 is 0 Å². The van der Waals surface area contributed by atoms with Crippen LogP contribution in [0.5, 0.6) is 0 Å². The van der Waals surface area contributed by atoms with Gasteiger partial charge in [0.1, 0.15) is 23.3 Å². The first kappa shape index (κ1) is 32.0. The van der Waals surface area contributed by atoms with Crippen molar-refractivity contribution in [3.8, 4) is 0 Å². The molecule has 0 saturated heterocycles. The molecule has 2 aliphatic carbocycles. The molecule has 45 heavy (non-hydrogen) atoms. The first-order valence-corrected chi connectivity index (χ1v) is 15.3. The molecule has 4 aromatic rings. The molecule has 2 aliphatic rings. The molecule has 10 heteroatoms. The first-order chi connectivity index (χ1) is 21.8. The standard InChI is InChI=1S/C18H19FN2O2.C17H18FN3O/c1-2-23-17(22)13-11-20-16(21-12-13)10-18(7-4-8-18)14-5-3-6-15(19)9-14;18-14-4-1-3-13(7-14)17(5-2-6-17)8-16-20-10-12(11-21-16)15(22)9-19/h3,5-6,9,11-12H,2,4,7-8,10H2,1H3;1,3-4,7,10-11H,2,5-6,8-9,19H2. The maximum absolute atomic E-state index is 13.5. The van der Waals surface area contributed by atoms with Crippen molar-refractivity contribution in [2.24, 2.45) is 5.73 Å². The molecule has 6 rings (SSSR count). The Bertz CT molecular complexity index is 1620. The minimum absolute atomic E-state index is 0.0457. The molecule has 0 aliphatic heterocycles. The Morgan fingerprint density at radius 3 is 1.56 bits per heavy atom. The van der Waals surface area contributed by atoms with Gasteiger partial charge in [-0.3, -0.25) is 4.79 Å². The van der Waals surface area contributed by atoms with Crippen LogP contribution in [0.2, 0.25) is 0 Å². The van der Waals surface area contributed by atoms with Crippen LogP contribution in [0.4, 0.5) is 8.78 Å². The summed E-state index contributed by atoms with van der Waals surface area (Å²) in [5.41, 5.74) is 7.94. The van der Waals surface area contributed by atoms with Crippen molar-refractivity contribution in [1.29, 1.82) is 0 Å². The van der Waals surface area contributed by atoms with Gasteiger partial charge in [0.05, 0.1) is 24.3 Å². The Hall–Kier alpha value is -4.44. The maximum Gasteiger partial charge on any atom is 0.341 e. The van der Waals surface area contributed by atoms with Gasteiger partial charge in [-0.25, -0.2) is 33.5 Å². The highest BCUT2D eigenvalue weighted by molar-refractivity contribution is 5.96. The molecule has 0 bridgehead atoms. The molecular formula is C35H37F2N5O3. The van der Waals surface area contributed by atoms with E-state index in [0.29, 0.717) is 42.2 Å². The second kappa shape index (κ2) is 14.1. The van der Waals surface area contributed by atoms with Gasteiger partial charge in [0.15, 0.2) is 5.78 Å². The lowest BCUT2D eigenvalue weighted by atomic mass is 9.62. The molecule has 0 amide bonds. The topological polar surface area (TPSA) is 121 Å².